The number of aromatic nitrogens is 1. The van der Waals surface area contributed by atoms with Crippen LogP contribution in [0.1, 0.15) is 28.5 Å². The summed E-state index contributed by atoms with van der Waals surface area (Å²) in [5, 5.41) is 2.91. The Labute approximate surface area is 165 Å². The summed E-state index contributed by atoms with van der Waals surface area (Å²) in [6.45, 7) is 3.22. The molecular formula is C24H21N3O. The Hall–Kier alpha value is -3.58. The molecule has 138 valence electrons. The number of nitrogens with zero attached hydrogens (tertiary/aromatic N) is 2. The molecule has 2 heterocycles. The average molecular weight is 367 g/mol. The summed E-state index contributed by atoms with van der Waals surface area (Å²) >= 11 is 0. The Kier molecular flexibility index (Phi) is 5.07. The van der Waals surface area contributed by atoms with Crippen LogP contribution in [0.25, 0.3) is 11.1 Å². The molecule has 1 aliphatic heterocycles. The minimum atomic E-state index is -0.0973. The van der Waals surface area contributed by atoms with Gasteiger partial charge < -0.3 is 10.2 Å². The lowest BCUT2D eigenvalue weighted by Crippen LogP contribution is -2.23. The minimum Gasteiger partial charge on any atom is -0.346 e. The van der Waals surface area contributed by atoms with Crippen molar-refractivity contribution < 1.29 is 4.79 Å². The maximum Gasteiger partial charge on any atom is 0.251 e. The van der Waals surface area contributed by atoms with Gasteiger partial charge in [-0.2, -0.15) is 0 Å². The molecule has 0 atom stereocenters. The van der Waals surface area contributed by atoms with E-state index in [1.54, 1.807) is 6.20 Å². The third-order valence-electron chi connectivity index (χ3n) is 4.86. The highest BCUT2D eigenvalue weighted by atomic mass is 16.1. The maximum atomic E-state index is 12.4. The van der Waals surface area contributed by atoms with Crippen molar-refractivity contribution in [2.75, 3.05) is 11.4 Å². The van der Waals surface area contributed by atoms with Crippen LogP contribution in [0.2, 0.25) is 0 Å². The van der Waals surface area contributed by atoms with E-state index in [0.717, 1.165) is 29.8 Å². The van der Waals surface area contributed by atoms with E-state index in [0.29, 0.717) is 12.1 Å². The molecule has 0 unspecified atom stereocenters. The molecular weight excluding hydrogens is 346 g/mol. The van der Waals surface area contributed by atoms with Gasteiger partial charge in [0.1, 0.15) is 0 Å². The molecule has 0 radical (unpaired) electrons. The van der Waals surface area contributed by atoms with Gasteiger partial charge in [0.2, 0.25) is 0 Å². The highest BCUT2D eigenvalue weighted by Gasteiger charge is 2.18. The van der Waals surface area contributed by atoms with Gasteiger partial charge in [0.15, 0.2) is 0 Å². The Morgan fingerprint density at radius 3 is 2.68 bits per heavy atom. The van der Waals surface area contributed by atoms with Gasteiger partial charge in [-0.25, -0.2) is 0 Å². The van der Waals surface area contributed by atoms with Crippen molar-refractivity contribution in [2.45, 2.75) is 19.9 Å². The first-order valence-electron chi connectivity index (χ1n) is 9.36. The van der Waals surface area contributed by atoms with Gasteiger partial charge in [0.25, 0.3) is 5.91 Å². The molecule has 1 N–H and O–H groups in total. The van der Waals surface area contributed by atoms with Crippen LogP contribution in [0.5, 0.6) is 0 Å². The van der Waals surface area contributed by atoms with Gasteiger partial charge in [0.05, 0.1) is 17.9 Å². The van der Waals surface area contributed by atoms with E-state index in [4.69, 9.17) is 0 Å². The monoisotopic (exact) mass is 367 g/mol. The standard InChI is InChI=1S/C24H21N3O/c1-2-14-27-15-12-21-16-20(10-11-23(21)27)18-6-8-19(9-7-18)24(28)26-17-22-5-3-4-13-25-22/h3-11,13,16H,12,15,17H2,1H3,(H,26,28). The van der Waals surface area contributed by atoms with Crippen LogP contribution in [-0.2, 0) is 13.0 Å². The maximum absolute atomic E-state index is 12.4. The second-order valence-electron chi connectivity index (χ2n) is 6.69. The number of carbonyl (C=O) groups excluding carboxylic acids is 1. The first-order valence-corrected chi connectivity index (χ1v) is 9.36. The second kappa shape index (κ2) is 7.98. The summed E-state index contributed by atoms with van der Waals surface area (Å²) in [5.74, 6) is 2.87. The van der Waals surface area contributed by atoms with Crippen LogP contribution < -0.4 is 10.2 Å². The quantitative estimate of drug-likeness (QED) is 0.709. The fraction of sp³-hybridized carbons (Fsp3) is 0.167. The van der Waals surface area contributed by atoms with Crippen molar-refractivity contribution in [2.24, 2.45) is 0 Å². The van der Waals surface area contributed by atoms with Gasteiger partial charge in [-0.05, 0) is 66.4 Å². The SMILES string of the molecule is CC#CN1CCc2cc(-c3ccc(C(=O)NCc4ccccn4)cc3)ccc21. The first-order chi connectivity index (χ1) is 13.7. The fourth-order valence-electron chi connectivity index (χ4n) is 3.42. The van der Waals surface area contributed by atoms with Gasteiger partial charge in [0, 0.05) is 24.3 Å². The summed E-state index contributed by atoms with van der Waals surface area (Å²) < 4.78 is 0. The highest BCUT2D eigenvalue weighted by Crippen LogP contribution is 2.32. The Balaban J connectivity index is 1.46. The van der Waals surface area contributed by atoms with E-state index in [-0.39, 0.29) is 5.91 Å². The third-order valence-corrected chi connectivity index (χ3v) is 4.86. The number of nitrogens with one attached hydrogen (secondary N) is 1. The van der Waals surface area contributed by atoms with Gasteiger partial charge in [-0.1, -0.05) is 30.2 Å². The van der Waals surface area contributed by atoms with Crippen molar-refractivity contribution >= 4 is 11.6 Å². The number of anilines is 1. The normalized spacial score (nSPS) is 12.1. The Bertz CT molecular complexity index is 1050. The van der Waals surface area contributed by atoms with E-state index in [9.17, 15) is 4.79 Å². The Morgan fingerprint density at radius 2 is 1.93 bits per heavy atom. The first kappa shape index (κ1) is 17.8. The predicted octanol–water partition coefficient (Wildman–Crippen LogP) is 4.02. The van der Waals surface area contributed by atoms with Crippen LogP contribution in [-0.4, -0.2) is 17.4 Å². The molecule has 1 aliphatic rings. The van der Waals surface area contributed by atoms with Crippen LogP contribution in [0.4, 0.5) is 5.69 Å². The van der Waals surface area contributed by atoms with Crippen LogP contribution in [0.15, 0.2) is 66.9 Å². The summed E-state index contributed by atoms with van der Waals surface area (Å²) in [6.07, 6.45) is 2.73. The lowest BCUT2D eigenvalue weighted by Gasteiger charge is -2.11. The number of rotatable bonds is 4. The van der Waals surface area contributed by atoms with Crippen molar-refractivity contribution in [1.29, 1.82) is 0 Å². The van der Waals surface area contributed by atoms with Gasteiger partial charge >= 0.3 is 0 Å². The average Bonchev–Trinajstić information content (AvgIpc) is 3.15. The molecule has 4 nitrogen and oxygen atoms in total. The number of pyridine rings is 1. The highest BCUT2D eigenvalue weighted by molar-refractivity contribution is 5.94. The molecule has 0 aliphatic carbocycles. The summed E-state index contributed by atoms with van der Waals surface area (Å²) in [5.41, 5.74) is 6.26. The van der Waals surface area contributed by atoms with Crippen LogP contribution in [0.3, 0.4) is 0 Å². The molecule has 0 bridgehead atoms. The van der Waals surface area contributed by atoms with Crippen molar-refractivity contribution in [3.63, 3.8) is 0 Å². The molecule has 0 saturated carbocycles. The van der Waals surface area contributed by atoms with Crippen molar-refractivity contribution in [3.05, 3.63) is 83.7 Å². The zero-order valence-corrected chi connectivity index (χ0v) is 15.8. The summed E-state index contributed by atoms with van der Waals surface area (Å²) in [6, 6.07) is 23.0. The molecule has 0 fully saturated rings. The topological polar surface area (TPSA) is 45.2 Å². The number of carbonyl (C=O) groups is 1. The van der Waals surface area contributed by atoms with Gasteiger partial charge in [-0.3, -0.25) is 9.78 Å². The van der Waals surface area contributed by atoms with Crippen LogP contribution >= 0.6 is 0 Å². The molecule has 4 heteroatoms. The molecule has 1 aromatic heterocycles. The Morgan fingerprint density at radius 1 is 1.11 bits per heavy atom. The number of fused-ring (bicyclic) bond motifs is 1. The van der Waals surface area contributed by atoms with E-state index in [1.165, 1.54) is 11.3 Å². The number of hydrogen-bond donors (Lipinski definition) is 1. The third kappa shape index (κ3) is 3.74. The summed E-state index contributed by atoms with van der Waals surface area (Å²) in [7, 11) is 0. The lowest BCUT2D eigenvalue weighted by atomic mass is 10.0. The number of benzene rings is 2. The van der Waals surface area contributed by atoms with Crippen LogP contribution in [0, 0.1) is 12.0 Å². The van der Waals surface area contributed by atoms with E-state index in [1.807, 2.05) is 49.4 Å². The zero-order valence-electron chi connectivity index (χ0n) is 15.8. The van der Waals surface area contributed by atoms with Crippen molar-refractivity contribution in [1.82, 2.24) is 10.3 Å². The zero-order chi connectivity index (χ0) is 19.3. The largest absolute Gasteiger partial charge is 0.346 e. The molecule has 4 rings (SSSR count). The molecule has 0 saturated heterocycles. The number of amides is 1. The minimum absolute atomic E-state index is 0.0973. The molecule has 28 heavy (non-hydrogen) atoms. The second-order valence-corrected chi connectivity index (χ2v) is 6.69. The molecule has 2 aromatic carbocycles. The van der Waals surface area contributed by atoms with E-state index >= 15 is 0 Å². The lowest BCUT2D eigenvalue weighted by molar-refractivity contribution is 0.0950. The number of hydrogen-bond acceptors (Lipinski definition) is 3. The van der Waals surface area contributed by atoms with Gasteiger partial charge in [-0.15, -0.1) is 0 Å². The van der Waals surface area contributed by atoms with E-state index < -0.39 is 0 Å². The molecule has 3 aromatic rings. The smallest absolute Gasteiger partial charge is 0.251 e. The van der Waals surface area contributed by atoms with Crippen molar-refractivity contribution in [3.8, 4) is 23.1 Å². The summed E-state index contributed by atoms with van der Waals surface area (Å²) in [4.78, 5) is 18.7. The molecule has 0 spiro atoms. The molecule has 1 amide bonds. The fourth-order valence-corrected chi connectivity index (χ4v) is 3.42. The van der Waals surface area contributed by atoms with E-state index in [2.05, 4.69) is 45.4 Å². The predicted molar refractivity (Wildman–Crippen MR) is 112 cm³/mol.